The van der Waals surface area contributed by atoms with E-state index in [-0.39, 0.29) is 0 Å². The molecule has 3 aromatic rings. The van der Waals surface area contributed by atoms with Gasteiger partial charge in [0.25, 0.3) is 0 Å². The van der Waals surface area contributed by atoms with Crippen molar-refractivity contribution in [2.75, 3.05) is 4.90 Å². The second-order valence-electron chi connectivity index (χ2n) is 6.68. The Morgan fingerprint density at radius 3 is 2.13 bits per heavy atom. The third kappa shape index (κ3) is 3.37. The number of aromatic nitrogens is 1. The summed E-state index contributed by atoms with van der Waals surface area (Å²) < 4.78 is 0. The summed E-state index contributed by atoms with van der Waals surface area (Å²) in [5.74, 6) is 0.599. The van der Waals surface area contributed by atoms with E-state index in [1.54, 1.807) is 35.4 Å². The Morgan fingerprint density at radius 1 is 0.867 bits per heavy atom. The van der Waals surface area contributed by atoms with Gasteiger partial charge < -0.3 is 9.69 Å². The average Bonchev–Trinajstić information content (AvgIpc) is 2.83. The predicted octanol–water partition coefficient (Wildman–Crippen LogP) is 4.34. The van der Waals surface area contributed by atoms with Gasteiger partial charge in [-0.3, -0.25) is 0 Å². The summed E-state index contributed by atoms with van der Waals surface area (Å²) in [6.07, 6.45) is 6.22. The van der Waals surface area contributed by atoms with Crippen molar-refractivity contribution in [3.8, 4) is 12.1 Å². The van der Waals surface area contributed by atoms with Crippen molar-refractivity contribution >= 4 is 23.3 Å². The standard InChI is InChI=1S/C25H16N4O/c26-14-18-7-1-3-9-21(18)20-13-23(22-10-4-2-8-19(22)15-27)24(17-30)29(16-20)25-11-5-6-12-28-25/h1-13,16-17,24H. The lowest BCUT2D eigenvalue weighted by atomic mass is 9.88. The van der Waals surface area contributed by atoms with Crippen molar-refractivity contribution in [2.45, 2.75) is 6.04 Å². The van der Waals surface area contributed by atoms with Gasteiger partial charge in [-0.2, -0.15) is 10.5 Å². The highest BCUT2D eigenvalue weighted by atomic mass is 16.1. The van der Waals surface area contributed by atoms with Crippen molar-refractivity contribution in [3.63, 3.8) is 0 Å². The van der Waals surface area contributed by atoms with Crippen LogP contribution in [0.4, 0.5) is 5.82 Å². The number of benzene rings is 2. The molecule has 2 aromatic carbocycles. The Balaban J connectivity index is 1.97. The molecular weight excluding hydrogens is 372 g/mol. The maximum atomic E-state index is 12.2. The molecule has 0 radical (unpaired) electrons. The largest absolute Gasteiger partial charge is 0.318 e. The van der Waals surface area contributed by atoms with Crippen LogP contribution in [0.3, 0.4) is 0 Å². The number of aldehydes is 1. The van der Waals surface area contributed by atoms with E-state index in [9.17, 15) is 15.3 Å². The highest BCUT2D eigenvalue weighted by Crippen LogP contribution is 2.36. The zero-order valence-electron chi connectivity index (χ0n) is 15.9. The zero-order chi connectivity index (χ0) is 20.9. The summed E-state index contributed by atoms with van der Waals surface area (Å²) in [5.41, 5.74) is 3.87. The molecule has 5 nitrogen and oxygen atoms in total. The van der Waals surface area contributed by atoms with E-state index in [0.717, 1.165) is 17.4 Å². The topological polar surface area (TPSA) is 80.8 Å². The molecule has 1 atom stereocenters. The number of anilines is 1. The van der Waals surface area contributed by atoms with E-state index in [2.05, 4.69) is 17.1 Å². The minimum Gasteiger partial charge on any atom is -0.318 e. The molecule has 1 aliphatic heterocycles. The van der Waals surface area contributed by atoms with Gasteiger partial charge in [0.1, 0.15) is 18.1 Å². The lowest BCUT2D eigenvalue weighted by molar-refractivity contribution is -0.107. The Bertz CT molecular complexity index is 1250. The van der Waals surface area contributed by atoms with Crippen LogP contribution < -0.4 is 4.90 Å². The number of rotatable bonds is 4. The summed E-state index contributed by atoms with van der Waals surface area (Å²) in [6.45, 7) is 0. The molecule has 142 valence electrons. The monoisotopic (exact) mass is 388 g/mol. The fourth-order valence-electron chi connectivity index (χ4n) is 3.57. The van der Waals surface area contributed by atoms with Crippen molar-refractivity contribution in [3.05, 3.63) is 107 Å². The molecule has 5 heteroatoms. The van der Waals surface area contributed by atoms with Gasteiger partial charge in [0, 0.05) is 18.0 Å². The smallest absolute Gasteiger partial charge is 0.147 e. The Kier molecular flexibility index (Phi) is 5.19. The third-order valence-electron chi connectivity index (χ3n) is 4.97. The minimum atomic E-state index is -0.660. The SMILES string of the molecule is N#Cc1ccccc1C1=CN(c2ccccn2)C(C=O)C(c2ccccc2C#N)=C1. The molecule has 0 fully saturated rings. The lowest BCUT2D eigenvalue weighted by Gasteiger charge is -2.33. The Morgan fingerprint density at radius 2 is 1.50 bits per heavy atom. The van der Waals surface area contributed by atoms with Crippen molar-refractivity contribution < 1.29 is 4.79 Å². The van der Waals surface area contributed by atoms with Crippen LogP contribution in [-0.2, 0) is 4.79 Å². The molecule has 1 unspecified atom stereocenters. The normalized spacial score (nSPS) is 15.4. The van der Waals surface area contributed by atoms with Gasteiger partial charge in [0.05, 0.1) is 23.3 Å². The van der Waals surface area contributed by atoms with E-state index in [1.807, 2.05) is 54.7 Å². The first-order valence-corrected chi connectivity index (χ1v) is 9.34. The van der Waals surface area contributed by atoms with Gasteiger partial charge in [-0.25, -0.2) is 4.98 Å². The van der Waals surface area contributed by atoms with Gasteiger partial charge in [-0.1, -0.05) is 42.5 Å². The maximum Gasteiger partial charge on any atom is 0.147 e. The number of nitriles is 2. The van der Waals surface area contributed by atoms with Crippen LogP contribution in [0.25, 0.3) is 11.1 Å². The summed E-state index contributed by atoms with van der Waals surface area (Å²) >= 11 is 0. The summed E-state index contributed by atoms with van der Waals surface area (Å²) in [7, 11) is 0. The first-order valence-electron chi connectivity index (χ1n) is 9.34. The highest BCUT2D eigenvalue weighted by molar-refractivity contribution is 5.99. The van der Waals surface area contributed by atoms with Crippen LogP contribution in [-0.4, -0.2) is 17.3 Å². The summed E-state index contributed by atoms with van der Waals surface area (Å²) in [4.78, 5) is 18.4. The second-order valence-corrected chi connectivity index (χ2v) is 6.68. The van der Waals surface area contributed by atoms with Crippen LogP contribution in [0.2, 0.25) is 0 Å². The fourth-order valence-corrected chi connectivity index (χ4v) is 3.57. The molecule has 0 saturated carbocycles. The van der Waals surface area contributed by atoms with Crippen molar-refractivity contribution in [2.24, 2.45) is 0 Å². The van der Waals surface area contributed by atoms with Gasteiger partial charge in [0.15, 0.2) is 0 Å². The van der Waals surface area contributed by atoms with Crippen molar-refractivity contribution in [1.29, 1.82) is 10.5 Å². The Labute approximate surface area is 174 Å². The predicted molar refractivity (Wildman–Crippen MR) is 115 cm³/mol. The van der Waals surface area contributed by atoms with Crippen LogP contribution in [0.1, 0.15) is 22.3 Å². The molecule has 1 aromatic heterocycles. The highest BCUT2D eigenvalue weighted by Gasteiger charge is 2.29. The van der Waals surface area contributed by atoms with Crippen molar-refractivity contribution in [1.82, 2.24) is 4.98 Å². The number of pyridine rings is 1. The molecule has 30 heavy (non-hydrogen) atoms. The van der Waals surface area contributed by atoms with Crippen LogP contribution in [0.5, 0.6) is 0 Å². The molecule has 4 rings (SSSR count). The number of hydrogen-bond donors (Lipinski definition) is 0. The molecule has 0 N–H and O–H groups in total. The van der Waals surface area contributed by atoms with Crippen LogP contribution in [0, 0.1) is 22.7 Å². The molecule has 0 bridgehead atoms. The number of carbonyl (C=O) groups is 1. The number of carbonyl (C=O) groups excluding carboxylic acids is 1. The second kappa shape index (κ2) is 8.26. The Hall–Kier alpha value is -4.48. The first-order chi connectivity index (χ1) is 14.8. The lowest BCUT2D eigenvalue weighted by Crippen LogP contribution is -2.36. The first kappa shape index (κ1) is 18.9. The molecule has 0 aliphatic carbocycles. The molecular formula is C25H16N4O. The van der Waals surface area contributed by atoms with E-state index in [1.165, 1.54) is 0 Å². The number of nitrogens with zero attached hydrogens (tertiary/aromatic N) is 4. The van der Waals surface area contributed by atoms with Gasteiger partial charge >= 0.3 is 0 Å². The van der Waals surface area contributed by atoms with E-state index < -0.39 is 6.04 Å². The molecule has 2 heterocycles. The van der Waals surface area contributed by atoms with Gasteiger partial charge in [0.2, 0.25) is 0 Å². The number of allylic oxidation sites excluding steroid dienone is 2. The molecule has 1 aliphatic rings. The van der Waals surface area contributed by atoms with E-state index in [0.29, 0.717) is 28.1 Å². The van der Waals surface area contributed by atoms with Crippen LogP contribution >= 0.6 is 0 Å². The van der Waals surface area contributed by atoms with E-state index in [4.69, 9.17) is 0 Å². The summed E-state index contributed by atoms with van der Waals surface area (Å²) in [6, 6.07) is 23.7. The molecule has 0 saturated heterocycles. The number of hydrogen-bond acceptors (Lipinski definition) is 5. The van der Waals surface area contributed by atoms with Crippen LogP contribution in [0.15, 0.2) is 85.2 Å². The minimum absolute atomic E-state index is 0.478. The quantitative estimate of drug-likeness (QED) is 0.621. The molecule has 0 spiro atoms. The van der Waals surface area contributed by atoms with Gasteiger partial charge in [-0.15, -0.1) is 0 Å². The fraction of sp³-hybridized carbons (Fsp3) is 0.0400. The van der Waals surface area contributed by atoms with E-state index >= 15 is 0 Å². The summed E-state index contributed by atoms with van der Waals surface area (Å²) in [5, 5.41) is 19.2. The van der Waals surface area contributed by atoms with Gasteiger partial charge in [-0.05, 0) is 47.1 Å². The maximum absolute atomic E-state index is 12.2. The molecule has 0 amide bonds. The average molecular weight is 388 g/mol. The zero-order valence-corrected chi connectivity index (χ0v) is 15.9. The third-order valence-corrected chi connectivity index (χ3v) is 4.97.